The molecule has 3 heterocycles. The smallest absolute Gasteiger partial charge is 0.293 e. The number of ether oxygens (including phenoxy) is 2. The van der Waals surface area contributed by atoms with Gasteiger partial charge >= 0.3 is 0 Å². The van der Waals surface area contributed by atoms with E-state index in [4.69, 9.17) is 9.47 Å². The predicted octanol–water partition coefficient (Wildman–Crippen LogP) is 0.752. The van der Waals surface area contributed by atoms with E-state index in [-0.39, 0.29) is 18.1 Å². The van der Waals surface area contributed by atoms with Crippen LogP contribution in [0.2, 0.25) is 0 Å². The molecule has 1 aromatic carbocycles. The van der Waals surface area contributed by atoms with Crippen molar-refractivity contribution in [3.05, 3.63) is 47.0 Å². The second-order valence-electron chi connectivity index (χ2n) is 6.52. The van der Waals surface area contributed by atoms with Gasteiger partial charge in [0.15, 0.2) is 17.3 Å². The van der Waals surface area contributed by atoms with Crippen LogP contribution in [0.15, 0.2) is 41.5 Å². The predicted molar refractivity (Wildman–Crippen MR) is 99.3 cm³/mol. The van der Waals surface area contributed by atoms with Crippen LogP contribution >= 0.6 is 0 Å². The molecule has 0 N–H and O–H groups in total. The van der Waals surface area contributed by atoms with E-state index in [0.717, 1.165) is 0 Å². The fourth-order valence-electron chi connectivity index (χ4n) is 3.39. The van der Waals surface area contributed by atoms with Gasteiger partial charge in [0.25, 0.3) is 11.5 Å². The number of aryl methyl sites for hydroxylation is 1. The molecule has 1 fully saturated rings. The Balaban J connectivity index is 1.40. The Morgan fingerprint density at radius 1 is 1.19 bits per heavy atom. The number of hydrogen-bond acceptors (Lipinski definition) is 6. The number of aromatic nitrogens is 2. The van der Waals surface area contributed by atoms with Crippen molar-refractivity contribution in [1.29, 1.82) is 0 Å². The van der Waals surface area contributed by atoms with Crippen molar-refractivity contribution in [2.75, 3.05) is 37.7 Å². The summed E-state index contributed by atoms with van der Waals surface area (Å²) in [5, 5.41) is 0. The lowest BCUT2D eigenvalue weighted by atomic mass is 10.2. The molecule has 1 amide bonds. The standard InChI is InChI=1S/C19H22N4O4/c1-2-21-8-7-20-17(19(21)25)22-9-11-23(12-10-22)18(24)16-13-26-14-5-3-4-6-15(14)27-16/h3-8,16H,2,9-13H2,1H3. The number of benzene rings is 1. The average molecular weight is 370 g/mol. The summed E-state index contributed by atoms with van der Waals surface area (Å²) in [7, 11) is 0. The lowest BCUT2D eigenvalue weighted by Crippen LogP contribution is -2.55. The number of rotatable bonds is 3. The highest BCUT2D eigenvalue weighted by Gasteiger charge is 2.33. The van der Waals surface area contributed by atoms with Gasteiger partial charge in [-0.15, -0.1) is 0 Å². The number of hydrogen-bond donors (Lipinski definition) is 0. The van der Waals surface area contributed by atoms with Gasteiger partial charge < -0.3 is 23.8 Å². The molecule has 2 aliphatic rings. The molecule has 1 atom stereocenters. The summed E-state index contributed by atoms with van der Waals surface area (Å²) in [6, 6.07) is 7.34. The fraction of sp³-hybridized carbons (Fsp3) is 0.421. The minimum absolute atomic E-state index is 0.0869. The third-order valence-corrected chi connectivity index (χ3v) is 4.91. The molecule has 1 saturated heterocycles. The van der Waals surface area contributed by atoms with E-state index in [0.29, 0.717) is 50.0 Å². The van der Waals surface area contributed by atoms with Gasteiger partial charge in [0.1, 0.15) is 6.61 Å². The van der Waals surface area contributed by atoms with Crippen LogP contribution < -0.4 is 19.9 Å². The number of carbonyl (C=O) groups excluding carboxylic acids is 1. The SMILES string of the molecule is CCn1ccnc(N2CCN(C(=O)C3COc4ccccc4O3)CC2)c1=O. The molecule has 8 nitrogen and oxygen atoms in total. The third kappa shape index (κ3) is 3.34. The molecule has 0 spiro atoms. The highest BCUT2D eigenvalue weighted by molar-refractivity contribution is 5.82. The lowest BCUT2D eigenvalue weighted by Gasteiger charge is -2.37. The number of para-hydroxylation sites is 2. The topological polar surface area (TPSA) is 76.9 Å². The number of fused-ring (bicyclic) bond motifs is 1. The molecule has 0 aliphatic carbocycles. The normalized spacial score (nSPS) is 19.1. The first-order valence-electron chi connectivity index (χ1n) is 9.15. The molecule has 1 aromatic heterocycles. The van der Waals surface area contributed by atoms with E-state index < -0.39 is 6.10 Å². The molecule has 0 bridgehead atoms. The largest absolute Gasteiger partial charge is 0.485 e. The molecule has 27 heavy (non-hydrogen) atoms. The first kappa shape index (κ1) is 17.4. The third-order valence-electron chi connectivity index (χ3n) is 4.91. The first-order valence-corrected chi connectivity index (χ1v) is 9.15. The Bertz CT molecular complexity index is 889. The van der Waals surface area contributed by atoms with Crippen LogP contribution in [0.3, 0.4) is 0 Å². The molecular weight excluding hydrogens is 348 g/mol. The van der Waals surface area contributed by atoms with Crippen molar-refractivity contribution in [2.24, 2.45) is 0 Å². The van der Waals surface area contributed by atoms with Crippen LogP contribution in [-0.4, -0.2) is 59.2 Å². The minimum Gasteiger partial charge on any atom is -0.485 e. The molecule has 0 saturated carbocycles. The quantitative estimate of drug-likeness (QED) is 0.794. The Hall–Kier alpha value is -3.03. The molecule has 2 aliphatic heterocycles. The molecule has 8 heteroatoms. The van der Waals surface area contributed by atoms with Gasteiger partial charge in [-0.05, 0) is 19.1 Å². The lowest BCUT2D eigenvalue weighted by molar-refractivity contribution is -0.141. The summed E-state index contributed by atoms with van der Waals surface area (Å²) in [6.07, 6.45) is 2.69. The molecule has 4 rings (SSSR count). The monoisotopic (exact) mass is 370 g/mol. The zero-order chi connectivity index (χ0) is 18.8. The van der Waals surface area contributed by atoms with E-state index >= 15 is 0 Å². The number of amides is 1. The van der Waals surface area contributed by atoms with Gasteiger partial charge in [-0.2, -0.15) is 0 Å². The molecule has 142 valence electrons. The highest BCUT2D eigenvalue weighted by Crippen LogP contribution is 2.31. The van der Waals surface area contributed by atoms with Crippen LogP contribution in [0.4, 0.5) is 5.82 Å². The minimum atomic E-state index is -0.640. The first-order chi connectivity index (χ1) is 13.2. The summed E-state index contributed by atoms with van der Waals surface area (Å²) >= 11 is 0. The molecular formula is C19H22N4O4. The summed E-state index contributed by atoms with van der Waals surface area (Å²) < 4.78 is 13.1. The van der Waals surface area contributed by atoms with E-state index in [1.54, 1.807) is 27.9 Å². The van der Waals surface area contributed by atoms with Crippen molar-refractivity contribution in [2.45, 2.75) is 19.6 Å². The molecule has 0 radical (unpaired) electrons. The number of piperazine rings is 1. The highest BCUT2D eigenvalue weighted by atomic mass is 16.6. The van der Waals surface area contributed by atoms with Crippen molar-refractivity contribution in [3.8, 4) is 11.5 Å². The van der Waals surface area contributed by atoms with Gasteiger partial charge in [-0.25, -0.2) is 4.98 Å². The summed E-state index contributed by atoms with van der Waals surface area (Å²) in [5.74, 6) is 1.61. The zero-order valence-electron chi connectivity index (χ0n) is 15.2. The zero-order valence-corrected chi connectivity index (χ0v) is 15.2. The Morgan fingerprint density at radius 3 is 2.67 bits per heavy atom. The Labute approximate surface area is 156 Å². The van der Waals surface area contributed by atoms with Crippen LogP contribution in [0.25, 0.3) is 0 Å². The Kier molecular flexibility index (Phi) is 4.70. The summed E-state index contributed by atoms with van der Waals surface area (Å²) in [4.78, 5) is 33.2. The maximum absolute atomic E-state index is 12.8. The second-order valence-corrected chi connectivity index (χ2v) is 6.52. The van der Waals surface area contributed by atoms with Crippen LogP contribution in [0.5, 0.6) is 11.5 Å². The van der Waals surface area contributed by atoms with Crippen molar-refractivity contribution in [3.63, 3.8) is 0 Å². The Morgan fingerprint density at radius 2 is 1.93 bits per heavy atom. The average Bonchev–Trinajstić information content (AvgIpc) is 2.73. The second kappa shape index (κ2) is 7.30. The maximum atomic E-state index is 12.8. The van der Waals surface area contributed by atoms with Crippen LogP contribution in [0, 0.1) is 0 Å². The van der Waals surface area contributed by atoms with Crippen LogP contribution in [-0.2, 0) is 11.3 Å². The van der Waals surface area contributed by atoms with Gasteiger partial charge in [-0.1, -0.05) is 12.1 Å². The van der Waals surface area contributed by atoms with Gasteiger partial charge in [0, 0.05) is 45.1 Å². The van der Waals surface area contributed by atoms with Gasteiger partial charge in [0.05, 0.1) is 0 Å². The van der Waals surface area contributed by atoms with Crippen molar-refractivity contribution in [1.82, 2.24) is 14.5 Å². The molecule has 2 aromatic rings. The number of anilines is 1. The summed E-state index contributed by atoms with van der Waals surface area (Å²) in [6.45, 7) is 4.89. The van der Waals surface area contributed by atoms with E-state index in [9.17, 15) is 9.59 Å². The fourth-order valence-corrected chi connectivity index (χ4v) is 3.39. The van der Waals surface area contributed by atoms with Crippen molar-refractivity contribution < 1.29 is 14.3 Å². The van der Waals surface area contributed by atoms with Crippen LogP contribution in [0.1, 0.15) is 6.92 Å². The number of carbonyl (C=O) groups is 1. The van der Waals surface area contributed by atoms with Crippen molar-refractivity contribution >= 4 is 11.7 Å². The van der Waals surface area contributed by atoms with E-state index in [1.165, 1.54) is 0 Å². The molecule has 1 unspecified atom stereocenters. The van der Waals surface area contributed by atoms with Gasteiger partial charge in [0.2, 0.25) is 6.10 Å². The van der Waals surface area contributed by atoms with E-state index in [2.05, 4.69) is 4.98 Å². The maximum Gasteiger partial charge on any atom is 0.293 e. The number of nitrogens with zero attached hydrogens (tertiary/aromatic N) is 4. The summed E-state index contributed by atoms with van der Waals surface area (Å²) in [5.41, 5.74) is -0.0969. The van der Waals surface area contributed by atoms with E-state index in [1.807, 2.05) is 30.0 Å². The van der Waals surface area contributed by atoms with Gasteiger partial charge in [-0.3, -0.25) is 9.59 Å².